The summed E-state index contributed by atoms with van der Waals surface area (Å²) in [6.07, 6.45) is 5.19. The van der Waals surface area contributed by atoms with Gasteiger partial charge >= 0.3 is 0 Å². The Balaban J connectivity index is 1.85. The Morgan fingerprint density at radius 3 is 2.58 bits per heavy atom. The fraction of sp³-hybridized carbons (Fsp3) is 0.562. The van der Waals surface area contributed by atoms with Gasteiger partial charge in [0.15, 0.2) is 0 Å². The molecule has 19 heavy (non-hydrogen) atoms. The number of piperidine rings is 1. The van der Waals surface area contributed by atoms with Gasteiger partial charge in [-0.15, -0.1) is 0 Å². The molecule has 1 aromatic carbocycles. The number of rotatable bonds is 5. The first-order valence-electron chi connectivity index (χ1n) is 7.37. The summed E-state index contributed by atoms with van der Waals surface area (Å²) in [7, 11) is 0. The Bertz CT molecular complexity index is 394. The molecular weight excluding hydrogens is 236 g/mol. The zero-order valence-corrected chi connectivity index (χ0v) is 11.7. The van der Waals surface area contributed by atoms with Gasteiger partial charge in [0, 0.05) is 12.1 Å². The number of carbonyl (C=O) groups is 1. The molecule has 3 heteroatoms. The molecule has 0 atom stereocenters. The lowest BCUT2D eigenvalue weighted by Crippen LogP contribution is -2.28. The van der Waals surface area contributed by atoms with Crippen molar-refractivity contribution in [2.24, 2.45) is 5.92 Å². The summed E-state index contributed by atoms with van der Waals surface area (Å²) in [4.78, 5) is 11.5. The molecule has 0 unspecified atom stereocenters. The van der Waals surface area contributed by atoms with Crippen LogP contribution in [0.15, 0.2) is 24.3 Å². The number of carbonyl (C=O) groups excluding carboxylic acids is 1. The quantitative estimate of drug-likeness (QED) is 0.854. The maximum atomic E-state index is 11.5. The van der Waals surface area contributed by atoms with Crippen molar-refractivity contribution < 1.29 is 4.79 Å². The number of hydrogen-bond acceptors (Lipinski definition) is 2. The van der Waals surface area contributed by atoms with E-state index in [4.69, 9.17) is 0 Å². The van der Waals surface area contributed by atoms with Gasteiger partial charge in [0.25, 0.3) is 0 Å². The molecule has 1 aliphatic rings. The van der Waals surface area contributed by atoms with E-state index in [2.05, 4.69) is 22.8 Å². The number of nitrogens with one attached hydrogen (secondary N) is 2. The topological polar surface area (TPSA) is 41.1 Å². The van der Waals surface area contributed by atoms with Crippen LogP contribution < -0.4 is 10.6 Å². The predicted molar refractivity (Wildman–Crippen MR) is 79.3 cm³/mol. The highest BCUT2D eigenvalue weighted by molar-refractivity contribution is 5.90. The van der Waals surface area contributed by atoms with Gasteiger partial charge in [-0.25, -0.2) is 0 Å². The number of amides is 1. The first kappa shape index (κ1) is 14.1. The molecule has 1 heterocycles. The molecule has 1 aromatic rings. The molecule has 2 rings (SSSR count). The van der Waals surface area contributed by atoms with Crippen molar-refractivity contribution in [1.29, 1.82) is 0 Å². The molecule has 0 saturated carbocycles. The van der Waals surface area contributed by atoms with Crippen molar-refractivity contribution in [2.45, 2.75) is 39.0 Å². The first-order chi connectivity index (χ1) is 9.28. The van der Waals surface area contributed by atoms with Crippen LogP contribution in [0.1, 0.15) is 38.2 Å². The third-order valence-electron chi connectivity index (χ3n) is 3.70. The summed E-state index contributed by atoms with van der Waals surface area (Å²) in [6.45, 7) is 4.31. The summed E-state index contributed by atoms with van der Waals surface area (Å²) in [6, 6.07) is 8.32. The van der Waals surface area contributed by atoms with Gasteiger partial charge in [0.1, 0.15) is 0 Å². The summed E-state index contributed by atoms with van der Waals surface area (Å²) >= 11 is 0. The maximum absolute atomic E-state index is 11.5. The van der Waals surface area contributed by atoms with Gasteiger partial charge in [-0.1, -0.05) is 19.1 Å². The summed E-state index contributed by atoms with van der Waals surface area (Å²) in [5.41, 5.74) is 2.29. The molecule has 1 aliphatic heterocycles. The number of anilines is 1. The molecule has 104 valence electrons. The molecule has 2 N–H and O–H groups in total. The van der Waals surface area contributed by atoms with Gasteiger partial charge in [-0.3, -0.25) is 4.79 Å². The van der Waals surface area contributed by atoms with E-state index in [0.717, 1.165) is 37.5 Å². The highest BCUT2D eigenvalue weighted by Crippen LogP contribution is 2.19. The van der Waals surface area contributed by atoms with Crippen molar-refractivity contribution in [2.75, 3.05) is 18.4 Å². The summed E-state index contributed by atoms with van der Waals surface area (Å²) < 4.78 is 0. The minimum absolute atomic E-state index is 0.105. The van der Waals surface area contributed by atoms with E-state index in [0.29, 0.717) is 6.42 Å². The molecule has 1 amide bonds. The van der Waals surface area contributed by atoms with Crippen LogP contribution in [0.3, 0.4) is 0 Å². The molecular formula is C16H24N2O. The first-order valence-corrected chi connectivity index (χ1v) is 7.37. The fourth-order valence-corrected chi connectivity index (χ4v) is 2.59. The van der Waals surface area contributed by atoms with Crippen molar-refractivity contribution in [3.63, 3.8) is 0 Å². The van der Waals surface area contributed by atoms with Gasteiger partial charge in [-0.05, 0) is 62.4 Å². The van der Waals surface area contributed by atoms with Gasteiger partial charge in [0.05, 0.1) is 0 Å². The average Bonchev–Trinajstić information content (AvgIpc) is 2.42. The Morgan fingerprint density at radius 2 is 1.95 bits per heavy atom. The molecule has 1 saturated heterocycles. The SMILES string of the molecule is CCCC(=O)Nc1ccc(CC2CCNCC2)cc1. The zero-order chi connectivity index (χ0) is 13.5. The fourth-order valence-electron chi connectivity index (χ4n) is 2.59. The summed E-state index contributed by atoms with van der Waals surface area (Å²) in [5.74, 6) is 0.912. The van der Waals surface area contributed by atoms with Crippen LogP contribution in [0.5, 0.6) is 0 Å². The lowest BCUT2D eigenvalue weighted by Gasteiger charge is -2.22. The molecule has 0 aliphatic carbocycles. The average molecular weight is 260 g/mol. The van der Waals surface area contributed by atoms with Gasteiger partial charge in [-0.2, -0.15) is 0 Å². The minimum atomic E-state index is 0.105. The lowest BCUT2D eigenvalue weighted by atomic mass is 9.91. The molecule has 0 spiro atoms. The zero-order valence-electron chi connectivity index (χ0n) is 11.7. The van der Waals surface area contributed by atoms with E-state index in [1.165, 1.54) is 18.4 Å². The van der Waals surface area contributed by atoms with Crippen LogP contribution in [-0.2, 0) is 11.2 Å². The van der Waals surface area contributed by atoms with E-state index in [-0.39, 0.29) is 5.91 Å². The standard InChI is InChI=1S/C16H24N2O/c1-2-3-16(19)18-15-6-4-13(5-7-15)12-14-8-10-17-11-9-14/h4-7,14,17H,2-3,8-12H2,1H3,(H,18,19). The second-order valence-corrected chi connectivity index (χ2v) is 5.39. The van der Waals surface area contributed by atoms with Crippen molar-refractivity contribution >= 4 is 11.6 Å². The monoisotopic (exact) mass is 260 g/mol. The normalized spacial score (nSPS) is 16.3. The Hall–Kier alpha value is -1.35. The summed E-state index contributed by atoms with van der Waals surface area (Å²) in [5, 5.41) is 6.32. The van der Waals surface area contributed by atoms with E-state index in [1.807, 2.05) is 19.1 Å². The molecule has 0 bridgehead atoms. The molecule has 3 nitrogen and oxygen atoms in total. The third kappa shape index (κ3) is 4.67. The van der Waals surface area contributed by atoms with Crippen LogP contribution in [-0.4, -0.2) is 19.0 Å². The van der Waals surface area contributed by atoms with Gasteiger partial charge in [0.2, 0.25) is 5.91 Å². The van der Waals surface area contributed by atoms with Crippen molar-refractivity contribution in [1.82, 2.24) is 5.32 Å². The molecule has 0 radical (unpaired) electrons. The number of hydrogen-bond donors (Lipinski definition) is 2. The van der Waals surface area contributed by atoms with Crippen molar-refractivity contribution in [3.8, 4) is 0 Å². The maximum Gasteiger partial charge on any atom is 0.224 e. The van der Waals surface area contributed by atoms with Crippen LogP contribution in [0.2, 0.25) is 0 Å². The second kappa shape index (κ2) is 7.29. The van der Waals surface area contributed by atoms with Crippen molar-refractivity contribution in [3.05, 3.63) is 29.8 Å². The smallest absolute Gasteiger partial charge is 0.224 e. The Labute approximate surface area is 115 Å². The minimum Gasteiger partial charge on any atom is -0.326 e. The highest BCUT2D eigenvalue weighted by atomic mass is 16.1. The second-order valence-electron chi connectivity index (χ2n) is 5.39. The Morgan fingerprint density at radius 1 is 1.26 bits per heavy atom. The van der Waals surface area contributed by atoms with Crippen LogP contribution in [0, 0.1) is 5.92 Å². The largest absolute Gasteiger partial charge is 0.326 e. The van der Waals surface area contributed by atoms with Crippen LogP contribution >= 0.6 is 0 Å². The van der Waals surface area contributed by atoms with E-state index in [9.17, 15) is 4.79 Å². The predicted octanol–water partition coefficient (Wildman–Crippen LogP) is 2.97. The van der Waals surface area contributed by atoms with E-state index >= 15 is 0 Å². The Kier molecular flexibility index (Phi) is 5.40. The van der Waals surface area contributed by atoms with Crippen LogP contribution in [0.4, 0.5) is 5.69 Å². The van der Waals surface area contributed by atoms with E-state index in [1.54, 1.807) is 0 Å². The number of benzene rings is 1. The van der Waals surface area contributed by atoms with Gasteiger partial charge < -0.3 is 10.6 Å². The van der Waals surface area contributed by atoms with Crippen LogP contribution in [0.25, 0.3) is 0 Å². The molecule has 0 aromatic heterocycles. The molecule has 1 fully saturated rings. The third-order valence-corrected chi connectivity index (χ3v) is 3.70. The lowest BCUT2D eigenvalue weighted by molar-refractivity contribution is -0.116. The van der Waals surface area contributed by atoms with E-state index < -0.39 is 0 Å². The highest BCUT2D eigenvalue weighted by Gasteiger charge is 2.13.